The van der Waals surface area contributed by atoms with Gasteiger partial charge in [0.05, 0.1) is 11.1 Å². The summed E-state index contributed by atoms with van der Waals surface area (Å²) in [5.41, 5.74) is -0.109. The molecule has 2 aromatic carbocycles. The summed E-state index contributed by atoms with van der Waals surface area (Å²) in [6.45, 7) is 1.51. The predicted octanol–water partition coefficient (Wildman–Crippen LogP) is 4.54. The number of benzene rings is 2. The van der Waals surface area contributed by atoms with Crippen molar-refractivity contribution in [3.05, 3.63) is 65.2 Å². The molecule has 0 fully saturated rings. The fourth-order valence-corrected chi connectivity index (χ4v) is 3.31. The molecular formula is C19H18F3NO3S. The number of halogens is 3. The van der Waals surface area contributed by atoms with Gasteiger partial charge in [0.1, 0.15) is 5.25 Å². The maximum Gasteiger partial charge on any atom is 0.416 e. The molecule has 8 heteroatoms. The smallest absolute Gasteiger partial charge is 0.416 e. The van der Waals surface area contributed by atoms with E-state index in [1.165, 1.54) is 31.0 Å². The molecular weight excluding hydrogens is 379 g/mol. The van der Waals surface area contributed by atoms with Crippen molar-refractivity contribution >= 4 is 23.6 Å². The Morgan fingerprint density at radius 1 is 1.15 bits per heavy atom. The Morgan fingerprint density at radius 3 is 2.44 bits per heavy atom. The number of hydrogen-bond donors (Lipinski definition) is 1. The normalized spacial score (nSPS) is 12.5. The molecule has 144 valence electrons. The quantitative estimate of drug-likeness (QED) is 0.727. The topological polar surface area (TPSA) is 57.6 Å². The van der Waals surface area contributed by atoms with Crippen molar-refractivity contribution in [1.29, 1.82) is 0 Å². The van der Waals surface area contributed by atoms with Crippen molar-refractivity contribution in [3.63, 3.8) is 0 Å². The molecule has 0 saturated carbocycles. The first-order valence-corrected chi connectivity index (χ1v) is 8.87. The van der Waals surface area contributed by atoms with Gasteiger partial charge in [-0.15, -0.1) is 11.8 Å². The summed E-state index contributed by atoms with van der Waals surface area (Å²) >= 11 is 1.04. The van der Waals surface area contributed by atoms with Gasteiger partial charge in [0.2, 0.25) is 0 Å². The molecule has 0 aliphatic rings. The number of hydrogen-bond acceptors (Lipinski definition) is 3. The molecule has 4 nitrogen and oxygen atoms in total. The van der Waals surface area contributed by atoms with Gasteiger partial charge in [-0.2, -0.15) is 13.2 Å². The monoisotopic (exact) mass is 397 g/mol. The first kappa shape index (κ1) is 20.8. The Kier molecular flexibility index (Phi) is 6.54. The minimum atomic E-state index is -4.45. The number of aliphatic carboxylic acids is 1. The second kappa shape index (κ2) is 8.47. The van der Waals surface area contributed by atoms with Gasteiger partial charge in [-0.1, -0.05) is 24.3 Å². The average molecular weight is 397 g/mol. The van der Waals surface area contributed by atoms with E-state index in [-0.39, 0.29) is 6.54 Å². The van der Waals surface area contributed by atoms with Crippen LogP contribution in [-0.4, -0.2) is 34.2 Å². The summed E-state index contributed by atoms with van der Waals surface area (Å²) in [6, 6.07) is 11.4. The lowest BCUT2D eigenvalue weighted by Crippen LogP contribution is -2.27. The van der Waals surface area contributed by atoms with Crippen molar-refractivity contribution < 1.29 is 27.9 Å². The van der Waals surface area contributed by atoms with E-state index in [9.17, 15) is 22.8 Å². The van der Waals surface area contributed by atoms with E-state index >= 15 is 0 Å². The highest BCUT2D eigenvalue weighted by Crippen LogP contribution is 2.30. The summed E-state index contributed by atoms with van der Waals surface area (Å²) < 4.78 is 38.5. The highest BCUT2D eigenvalue weighted by Gasteiger charge is 2.30. The van der Waals surface area contributed by atoms with E-state index in [0.29, 0.717) is 16.0 Å². The average Bonchev–Trinajstić information content (AvgIpc) is 2.61. The van der Waals surface area contributed by atoms with Crippen molar-refractivity contribution in [2.45, 2.75) is 29.8 Å². The number of carboxylic acid groups (broad SMARTS) is 1. The van der Waals surface area contributed by atoms with Gasteiger partial charge in [0, 0.05) is 18.5 Å². The van der Waals surface area contributed by atoms with Crippen LogP contribution in [0.5, 0.6) is 0 Å². The van der Waals surface area contributed by atoms with Crippen molar-refractivity contribution in [3.8, 4) is 0 Å². The lowest BCUT2D eigenvalue weighted by Gasteiger charge is -2.20. The first-order chi connectivity index (χ1) is 12.6. The Balaban J connectivity index is 2.20. The maximum atomic E-state index is 12.8. The molecule has 0 radical (unpaired) electrons. The minimum Gasteiger partial charge on any atom is -0.480 e. The Hall–Kier alpha value is -2.48. The third kappa shape index (κ3) is 5.50. The van der Waals surface area contributed by atoms with Crippen molar-refractivity contribution in [1.82, 2.24) is 4.90 Å². The van der Waals surface area contributed by atoms with Crippen LogP contribution in [0.25, 0.3) is 0 Å². The third-order valence-electron chi connectivity index (χ3n) is 3.79. The van der Waals surface area contributed by atoms with E-state index in [2.05, 4.69) is 0 Å². The van der Waals surface area contributed by atoms with Gasteiger partial charge >= 0.3 is 12.1 Å². The molecule has 1 atom stereocenters. The summed E-state index contributed by atoms with van der Waals surface area (Å²) in [7, 11) is 1.49. The molecule has 1 unspecified atom stereocenters. The van der Waals surface area contributed by atoms with Crippen LogP contribution in [0, 0.1) is 0 Å². The van der Waals surface area contributed by atoms with Crippen LogP contribution in [0.1, 0.15) is 28.4 Å². The largest absolute Gasteiger partial charge is 0.480 e. The Labute approximate surface area is 159 Å². The summed E-state index contributed by atoms with van der Waals surface area (Å²) in [4.78, 5) is 25.6. The number of nitrogens with zero attached hydrogens (tertiary/aromatic N) is 1. The number of carbonyl (C=O) groups is 2. The molecule has 27 heavy (non-hydrogen) atoms. The third-order valence-corrected chi connectivity index (χ3v) is 4.95. The van der Waals surface area contributed by atoms with Crippen LogP contribution in [0.2, 0.25) is 0 Å². The van der Waals surface area contributed by atoms with Gasteiger partial charge in [-0.3, -0.25) is 9.59 Å². The molecule has 1 amide bonds. The number of carbonyl (C=O) groups excluding carboxylic acids is 1. The second-order valence-electron chi connectivity index (χ2n) is 5.95. The summed E-state index contributed by atoms with van der Waals surface area (Å²) in [6.07, 6.45) is -4.45. The first-order valence-electron chi connectivity index (χ1n) is 7.99. The molecule has 0 heterocycles. The Bertz CT molecular complexity index is 839. The van der Waals surface area contributed by atoms with Crippen molar-refractivity contribution in [2.75, 3.05) is 7.05 Å². The van der Waals surface area contributed by atoms with Crippen molar-refractivity contribution in [2.24, 2.45) is 0 Å². The number of rotatable bonds is 6. The van der Waals surface area contributed by atoms with E-state index < -0.39 is 28.9 Å². The van der Waals surface area contributed by atoms with Crippen LogP contribution in [0.15, 0.2) is 53.4 Å². The zero-order chi connectivity index (χ0) is 20.2. The molecule has 0 bridgehead atoms. The molecule has 0 aromatic heterocycles. The van der Waals surface area contributed by atoms with Gasteiger partial charge in [-0.05, 0) is 36.8 Å². The van der Waals surface area contributed by atoms with Crippen LogP contribution >= 0.6 is 11.8 Å². The van der Waals surface area contributed by atoms with Crippen LogP contribution in [-0.2, 0) is 17.5 Å². The fraction of sp³-hybridized carbons (Fsp3) is 0.263. The molecule has 0 spiro atoms. The van der Waals surface area contributed by atoms with Crippen LogP contribution < -0.4 is 0 Å². The molecule has 2 rings (SSSR count). The van der Waals surface area contributed by atoms with E-state index in [1.54, 1.807) is 24.3 Å². The highest BCUT2D eigenvalue weighted by molar-refractivity contribution is 8.00. The molecule has 0 aliphatic carbocycles. The molecule has 0 saturated heterocycles. The molecule has 1 N–H and O–H groups in total. The SMILES string of the molecule is CC(Sc1ccccc1C(=O)N(C)Cc1cccc(C(F)(F)F)c1)C(=O)O. The van der Waals surface area contributed by atoms with E-state index in [0.717, 1.165) is 23.9 Å². The fourth-order valence-electron chi connectivity index (χ4n) is 2.38. The van der Waals surface area contributed by atoms with Crippen LogP contribution in [0.3, 0.4) is 0 Å². The predicted molar refractivity (Wildman–Crippen MR) is 96.6 cm³/mol. The number of carboxylic acids is 1. The van der Waals surface area contributed by atoms with E-state index in [1.807, 2.05) is 0 Å². The molecule has 2 aromatic rings. The van der Waals surface area contributed by atoms with Gasteiger partial charge < -0.3 is 10.0 Å². The highest BCUT2D eigenvalue weighted by atomic mass is 32.2. The standard InChI is InChI=1S/C19H18F3NO3S/c1-12(18(25)26)27-16-9-4-3-8-15(16)17(24)23(2)11-13-6-5-7-14(10-13)19(20,21)22/h3-10,12H,11H2,1-2H3,(H,25,26). The van der Waals surface area contributed by atoms with E-state index in [4.69, 9.17) is 5.11 Å². The number of amides is 1. The lowest BCUT2D eigenvalue weighted by atomic mass is 10.1. The zero-order valence-electron chi connectivity index (χ0n) is 14.7. The second-order valence-corrected chi connectivity index (χ2v) is 7.34. The molecule has 0 aliphatic heterocycles. The summed E-state index contributed by atoms with van der Waals surface area (Å²) in [5.74, 6) is -1.40. The minimum absolute atomic E-state index is 0.00373. The Morgan fingerprint density at radius 2 is 1.81 bits per heavy atom. The van der Waals surface area contributed by atoms with Gasteiger partial charge in [-0.25, -0.2) is 0 Å². The summed E-state index contributed by atoms with van der Waals surface area (Å²) in [5, 5.41) is 8.32. The zero-order valence-corrected chi connectivity index (χ0v) is 15.5. The lowest BCUT2D eigenvalue weighted by molar-refractivity contribution is -0.138. The maximum absolute atomic E-state index is 12.8. The number of thioether (sulfide) groups is 1. The van der Waals surface area contributed by atoms with Gasteiger partial charge in [0.25, 0.3) is 5.91 Å². The van der Waals surface area contributed by atoms with Crippen LogP contribution in [0.4, 0.5) is 13.2 Å². The number of alkyl halides is 3. The van der Waals surface area contributed by atoms with Gasteiger partial charge in [0.15, 0.2) is 0 Å².